The summed E-state index contributed by atoms with van der Waals surface area (Å²) in [4.78, 5) is 13.3. The van der Waals surface area contributed by atoms with Crippen molar-refractivity contribution in [3.05, 3.63) is 30.3 Å². The van der Waals surface area contributed by atoms with Crippen molar-refractivity contribution in [3.63, 3.8) is 0 Å². The molecule has 0 amide bonds. The number of carbonyl (C=O) groups excluding carboxylic acids is 1. The van der Waals surface area contributed by atoms with Crippen molar-refractivity contribution in [2.24, 2.45) is 0 Å². The Bertz CT molecular complexity index is 303. The minimum atomic E-state index is 0. The number of rotatable bonds is 1. The van der Waals surface area contributed by atoms with Gasteiger partial charge in [0.1, 0.15) is 0 Å². The van der Waals surface area contributed by atoms with E-state index < -0.39 is 0 Å². The van der Waals surface area contributed by atoms with Crippen molar-refractivity contribution in [1.82, 2.24) is 0 Å². The molecular weight excluding hydrogens is 214 g/mol. The molecule has 84 valence electrons. The number of piperidine rings is 1. The van der Waals surface area contributed by atoms with Crippen LogP contribution in [-0.2, 0) is 4.79 Å². The molecule has 1 fully saturated rings. The number of carbonyl (C=O) groups is 1. The number of Topliss-reactive ketones (excluding diaryl/α,β-unsaturated/α-hetero) is 1. The van der Waals surface area contributed by atoms with E-state index in [2.05, 4.69) is 17.0 Å². The van der Waals surface area contributed by atoms with Crippen LogP contribution in [0.1, 0.15) is 12.8 Å². The van der Waals surface area contributed by atoms with Gasteiger partial charge in [0.15, 0.2) is 5.78 Å². The van der Waals surface area contributed by atoms with Crippen LogP contribution in [0.2, 0.25) is 0 Å². The number of para-hydroxylation sites is 1. The van der Waals surface area contributed by atoms with E-state index in [9.17, 15) is 4.79 Å². The zero-order valence-corrected chi connectivity index (χ0v) is 9.30. The van der Waals surface area contributed by atoms with Gasteiger partial charge in [-0.25, -0.2) is 0 Å². The van der Waals surface area contributed by atoms with E-state index in [1.54, 1.807) is 0 Å². The first-order chi connectivity index (χ1) is 6.36. The SMILES string of the molecule is Cl.O.O=C1CCCN(c2ccccc2)C1. The van der Waals surface area contributed by atoms with Crippen LogP contribution in [0.15, 0.2) is 30.3 Å². The number of ketones is 1. The molecule has 0 spiro atoms. The molecule has 1 heterocycles. The quantitative estimate of drug-likeness (QED) is 0.732. The van der Waals surface area contributed by atoms with Gasteiger partial charge in [0.05, 0.1) is 6.54 Å². The Morgan fingerprint density at radius 3 is 2.40 bits per heavy atom. The summed E-state index contributed by atoms with van der Waals surface area (Å²) in [7, 11) is 0. The summed E-state index contributed by atoms with van der Waals surface area (Å²) in [6.45, 7) is 1.60. The number of halogens is 1. The van der Waals surface area contributed by atoms with Crippen molar-refractivity contribution in [3.8, 4) is 0 Å². The monoisotopic (exact) mass is 229 g/mol. The lowest BCUT2D eigenvalue weighted by Gasteiger charge is -2.27. The Hall–Kier alpha value is -1.06. The highest BCUT2D eigenvalue weighted by molar-refractivity contribution is 5.85. The standard InChI is InChI=1S/C11H13NO.ClH.H2O/c13-11-7-4-8-12(9-11)10-5-2-1-3-6-10;;/h1-3,5-6H,4,7-9H2;1H;1H2. The molecule has 3 nitrogen and oxygen atoms in total. The molecule has 4 heteroatoms. The fourth-order valence-corrected chi connectivity index (χ4v) is 1.70. The van der Waals surface area contributed by atoms with Gasteiger partial charge in [-0.3, -0.25) is 4.79 Å². The van der Waals surface area contributed by atoms with Crippen LogP contribution in [0, 0.1) is 0 Å². The van der Waals surface area contributed by atoms with E-state index in [1.807, 2.05) is 18.2 Å². The highest BCUT2D eigenvalue weighted by Gasteiger charge is 2.16. The molecule has 2 rings (SSSR count). The molecule has 1 saturated heterocycles. The second kappa shape index (κ2) is 6.43. The Labute approximate surface area is 95.8 Å². The van der Waals surface area contributed by atoms with E-state index in [0.29, 0.717) is 12.3 Å². The Morgan fingerprint density at radius 2 is 1.80 bits per heavy atom. The molecule has 0 atom stereocenters. The number of benzene rings is 1. The number of hydrogen-bond donors (Lipinski definition) is 0. The molecule has 1 aliphatic heterocycles. The van der Waals surface area contributed by atoms with E-state index in [-0.39, 0.29) is 17.9 Å². The molecule has 1 aromatic rings. The van der Waals surface area contributed by atoms with Crippen molar-refractivity contribution in [2.45, 2.75) is 12.8 Å². The summed E-state index contributed by atoms with van der Waals surface area (Å²) in [6.07, 6.45) is 1.75. The van der Waals surface area contributed by atoms with Crippen LogP contribution in [0.5, 0.6) is 0 Å². The first kappa shape index (κ1) is 13.9. The summed E-state index contributed by atoms with van der Waals surface area (Å²) < 4.78 is 0. The molecule has 1 aliphatic rings. The van der Waals surface area contributed by atoms with Crippen LogP contribution in [0.3, 0.4) is 0 Å². The molecule has 2 N–H and O–H groups in total. The molecule has 0 bridgehead atoms. The van der Waals surface area contributed by atoms with E-state index in [1.165, 1.54) is 0 Å². The largest absolute Gasteiger partial charge is 0.412 e. The van der Waals surface area contributed by atoms with Crippen LogP contribution >= 0.6 is 12.4 Å². The topological polar surface area (TPSA) is 51.8 Å². The Balaban J connectivity index is 0.000000980. The molecule has 15 heavy (non-hydrogen) atoms. The van der Waals surface area contributed by atoms with E-state index >= 15 is 0 Å². The van der Waals surface area contributed by atoms with Gasteiger partial charge in [0, 0.05) is 18.7 Å². The van der Waals surface area contributed by atoms with Gasteiger partial charge in [-0.1, -0.05) is 18.2 Å². The predicted octanol–water partition coefficient (Wildman–Crippen LogP) is 1.45. The molecule has 1 aromatic carbocycles. The summed E-state index contributed by atoms with van der Waals surface area (Å²) >= 11 is 0. The third kappa shape index (κ3) is 3.53. The van der Waals surface area contributed by atoms with Crippen LogP contribution < -0.4 is 4.90 Å². The van der Waals surface area contributed by atoms with Gasteiger partial charge in [0.25, 0.3) is 0 Å². The van der Waals surface area contributed by atoms with Gasteiger partial charge in [-0.15, -0.1) is 12.4 Å². The maximum Gasteiger partial charge on any atom is 0.152 e. The first-order valence-electron chi connectivity index (χ1n) is 4.68. The summed E-state index contributed by atoms with van der Waals surface area (Å²) in [5.41, 5.74) is 1.16. The maximum absolute atomic E-state index is 11.2. The first-order valence-corrected chi connectivity index (χ1v) is 4.68. The van der Waals surface area contributed by atoms with Gasteiger partial charge in [-0.2, -0.15) is 0 Å². The third-order valence-electron chi connectivity index (χ3n) is 2.37. The molecule has 0 radical (unpaired) electrons. The normalized spacial score (nSPS) is 15.2. The number of anilines is 1. The fraction of sp³-hybridized carbons (Fsp3) is 0.364. The maximum atomic E-state index is 11.2. The summed E-state index contributed by atoms with van der Waals surface area (Å²) in [5.74, 6) is 0.357. The third-order valence-corrected chi connectivity index (χ3v) is 2.37. The summed E-state index contributed by atoms with van der Waals surface area (Å²) in [6, 6.07) is 10.1. The molecule has 0 unspecified atom stereocenters. The van der Waals surface area contributed by atoms with Gasteiger partial charge < -0.3 is 10.4 Å². The lowest BCUT2D eigenvalue weighted by molar-refractivity contribution is -0.118. The van der Waals surface area contributed by atoms with Crippen LogP contribution in [0.25, 0.3) is 0 Å². The zero-order chi connectivity index (χ0) is 9.10. The minimum Gasteiger partial charge on any atom is -0.412 e. The van der Waals surface area contributed by atoms with Gasteiger partial charge >= 0.3 is 0 Å². The number of hydrogen-bond acceptors (Lipinski definition) is 2. The van der Waals surface area contributed by atoms with E-state index in [4.69, 9.17) is 0 Å². The van der Waals surface area contributed by atoms with Crippen molar-refractivity contribution in [1.29, 1.82) is 0 Å². The predicted molar refractivity (Wildman–Crippen MR) is 63.8 cm³/mol. The number of nitrogens with zero attached hydrogens (tertiary/aromatic N) is 1. The smallest absolute Gasteiger partial charge is 0.152 e. The molecular formula is C11H16ClNO2. The highest BCUT2D eigenvalue weighted by atomic mass is 35.5. The second-order valence-electron chi connectivity index (χ2n) is 3.40. The minimum absolute atomic E-state index is 0. The zero-order valence-electron chi connectivity index (χ0n) is 8.48. The van der Waals surface area contributed by atoms with Crippen LogP contribution in [-0.4, -0.2) is 24.3 Å². The van der Waals surface area contributed by atoms with Crippen molar-refractivity contribution >= 4 is 23.9 Å². The average Bonchev–Trinajstić information content (AvgIpc) is 2.19. The van der Waals surface area contributed by atoms with Gasteiger partial charge in [-0.05, 0) is 18.6 Å². The van der Waals surface area contributed by atoms with Crippen LogP contribution in [0.4, 0.5) is 5.69 Å². The Kier molecular flexibility index (Phi) is 5.97. The molecule has 0 aliphatic carbocycles. The summed E-state index contributed by atoms with van der Waals surface area (Å²) in [5, 5.41) is 0. The average molecular weight is 230 g/mol. The van der Waals surface area contributed by atoms with Gasteiger partial charge in [0.2, 0.25) is 0 Å². The lowest BCUT2D eigenvalue weighted by Crippen LogP contribution is -2.35. The fourth-order valence-electron chi connectivity index (χ4n) is 1.70. The van der Waals surface area contributed by atoms with Crippen molar-refractivity contribution in [2.75, 3.05) is 18.0 Å². The van der Waals surface area contributed by atoms with Crippen molar-refractivity contribution < 1.29 is 10.3 Å². The highest BCUT2D eigenvalue weighted by Crippen LogP contribution is 2.17. The Morgan fingerprint density at radius 1 is 1.13 bits per heavy atom. The molecule has 0 aromatic heterocycles. The lowest BCUT2D eigenvalue weighted by atomic mass is 10.1. The molecule has 0 saturated carbocycles. The van der Waals surface area contributed by atoms with E-state index in [0.717, 1.165) is 25.1 Å². The second-order valence-corrected chi connectivity index (χ2v) is 3.40.